The highest BCUT2D eigenvalue weighted by molar-refractivity contribution is 6.38. The molecular formula is C20H21N7O5. The third-order valence-corrected chi connectivity index (χ3v) is 4.61. The first-order chi connectivity index (χ1) is 15.2. The topological polar surface area (TPSA) is 186 Å². The van der Waals surface area contributed by atoms with Crippen LogP contribution in [-0.2, 0) is 14.4 Å². The Balaban J connectivity index is 1.57. The van der Waals surface area contributed by atoms with Crippen LogP contribution in [0.2, 0.25) is 0 Å². The summed E-state index contributed by atoms with van der Waals surface area (Å²) in [6, 6.07) is 4.31. The summed E-state index contributed by atoms with van der Waals surface area (Å²) in [6.45, 7) is 1.62. The highest BCUT2D eigenvalue weighted by Crippen LogP contribution is 2.12. The number of carboxylic acids is 1. The largest absolute Gasteiger partial charge is 0.480 e. The molecule has 3 rings (SSSR count). The van der Waals surface area contributed by atoms with E-state index >= 15 is 0 Å². The van der Waals surface area contributed by atoms with Gasteiger partial charge in [0.2, 0.25) is 5.96 Å². The standard InChI is InChI=1S/C20H21N7O5/c1-10(28)2-7-14(19(31)32)25-17(29)11-3-5-12(6-4-11)22-8-13-9-23-16-15(24-13)18(30)27-20(21)26-16/h3-6,9,14-15,22H,2,7-8H2,1H3,(H,25,29)(H,31,32)(H2,21,27,30)/t14-,15?/m1/s1. The van der Waals surface area contributed by atoms with E-state index in [2.05, 4.69) is 30.9 Å². The summed E-state index contributed by atoms with van der Waals surface area (Å²) in [7, 11) is 0. The van der Waals surface area contributed by atoms with Crippen molar-refractivity contribution in [3.63, 3.8) is 0 Å². The molecule has 0 saturated heterocycles. The lowest BCUT2D eigenvalue weighted by atomic mass is 10.1. The van der Waals surface area contributed by atoms with Crippen LogP contribution >= 0.6 is 0 Å². The van der Waals surface area contributed by atoms with E-state index in [1.54, 1.807) is 12.1 Å². The summed E-state index contributed by atoms with van der Waals surface area (Å²) in [4.78, 5) is 58.8. The van der Waals surface area contributed by atoms with Crippen molar-refractivity contribution in [1.82, 2.24) is 10.6 Å². The second-order valence-electron chi connectivity index (χ2n) is 7.12. The van der Waals surface area contributed by atoms with Crippen molar-refractivity contribution in [2.45, 2.75) is 31.8 Å². The Kier molecular flexibility index (Phi) is 6.83. The number of aliphatic imine (C=N–C) groups is 3. The van der Waals surface area contributed by atoms with Crippen LogP contribution in [-0.4, -0.2) is 71.0 Å². The average molecular weight is 439 g/mol. The van der Waals surface area contributed by atoms with Gasteiger partial charge in [-0.05, 0) is 37.6 Å². The van der Waals surface area contributed by atoms with Crippen LogP contribution in [0.1, 0.15) is 30.1 Å². The zero-order chi connectivity index (χ0) is 23.3. The highest BCUT2D eigenvalue weighted by Gasteiger charge is 2.31. The number of rotatable bonds is 9. The number of amides is 2. The number of Topliss-reactive ketones (excluding diaryl/α,β-unsaturated/α-hetero) is 1. The van der Waals surface area contributed by atoms with Crippen molar-refractivity contribution in [1.29, 1.82) is 5.41 Å². The van der Waals surface area contributed by atoms with Crippen molar-refractivity contribution in [2.75, 3.05) is 11.9 Å². The van der Waals surface area contributed by atoms with Gasteiger partial charge >= 0.3 is 5.97 Å². The maximum atomic E-state index is 12.3. The van der Waals surface area contributed by atoms with E-state index < -0.39 is 29.9 Å². The van der Waals surface area contributed by atoms with Crippen LogP contribution < -0.4 is 16.0 Å². The zero-order valence-corrected chi connectivity index (χ0v) is 17.1. The minimum atomic E-state index is -1.20. The number of amidine groups is 1. The minimum absolute atomic E-state index is 0.0201. The van der Waals surface area contributed by atoms with Gasteiger partial charge in [0, 0.05) is 17.7 Å². The van der Waals surface area contributed by atoms with Crippen molar-refractivity contribution < 1.29 is 24.3 Å². The summed E-state index contributed by atoms with van der Waals surface area (Å²) in [5, 5.41) is 24.4. The lowest BCUT2D eigenvalue weighted by Gasteiger charge is -2.21. The maximum absolute atomic E-state index is 12.3. The number of carboxylic acid groups (broad SMARTS) is 1. The number of nitrogens with one attached hydrogen (secondary N) is 4. The number of hydrogen-bond donors (Lipinski definition) is 5. The van der Waals surface area contributed by atoms with Crippen LogP contribution in [0.4, 0.5) is 5.69 Å². The number of carbonyl (C=O) groups is 4. The molecule has 0 aliphatic carbocycles. The van der Waals surface area contributed by atoms with Crippen molar-refractivity contribution in [3.05, 3.63) is 29.8 Å². The molecule has 0 saturated carbocycles. The Morgan fingerprint density at radius 1 is 1.25 bits per heavy atom. The summed E-state index contributed by atoms with van der Waals surface area (Å²) < 4.78 is 0. The molecule has 0 radical (unpaired) electrons. The number of aliphatic carboxylic acids is 1. The summed E-state index contributed by atoms with van der Waals surface area (Å²) in [6.07, 6.45) is 1.54. The molecule has 0 aromatic heterocycles. The Bertz CT molecular complexity index is 1060. The van der Waals surface area contributed by atoms with Gasteiger partial charge in [0.05, 0.1) is 18.5 Å². The molecular weight excluding hydrogens is 418 g/mol. The highest BCUT2D eigenvalue weighted by atomic mass is 16.4. The van der Waals surface area contributed by atoms with E-state index in [1.807, 2.05) is 0 Å². The predicted molar refractivity (Wildman–Crippen MR) is 117 cm³/mol. The molecule has 12 nitrogen and oxygen atoms in total. The van der Waals surface area contributed by atoms with Crippen LogP contribution in [0.3, 0.4) is 0 Å². The first kappa shape index (κ1) is 22.5. The number of hydrogen-bond acceptors (Lipinski definition) is 8. The number of benzene rings is 1. The fourth-order valence-electron chi connectivity index (χ4n) is 2.93. The smallest absolute Gasteiger partial charge is 0.326 e. The van der Waals surface area contributed by atoms with Crippen molar-refractivity contribution in [2.24, 2.45) is 15.0 Å². The number of guanidine groups is 1. The summed E-state index contributed by atoms with van der Waals surface area (Å²) in [5.41, 5.74) is 1.44. The summed E-state index contributed by atoms with van der Waals surface area (Å²) in [5.74, 6) is -2.48. The van der Waals surface area contributed by atoms with Crippen LogP contribution in [0.5, 0.6) is 0 Å². The van der Waals surface area contributed by atoms with Gasteiger partial charge in [-0.15, -0.1) is 0 Å². The Hall–Kier alpha value is -4.22. The van der Waals surface area contributed by atoms with E-state index in [-0.39, 0.29) is 42.5 Å². The number of carbonyl (C=O) groups excluding carboxylic acids is 3. The molecule has 5 N–H and O–H groups in total. The van der Waals surface area contributed by atoms with E-state index in [4.69, 9.17) is 5.41 Å². The maximum Gasteiger partial charge on any atom is 0.326 e. The van der Waals surface area contributed by atoms with Crippen LogP contribution in [0.25, 0.3) is 0 Å². The van der Waals surface area contributed by atoms with E-state index in [1.165, 1.54) is 25.3 Å². The van der Waals surface area contributed by atoms with Gasteiger partial charge in [0.25, 0.3) is 11.8 Å². The lowest BCUT2D eigenvalue weighted by molar-refractivity contribution is -0.139. The molecule has 0 bridgehead atoms. The van der Waals surface area contributed by atoms with Crippen molar-refractivity contribution in [3.8, 4) is 0 Å². The molecule has 1 aromatic rings. The molecule has 2 amide bonds. The van der Waals surface area contributed by atoms with Crippen molar-refractivity contribution >= 4 is 53.0 Å². The molecule has 2 heterocycles. The molecule has 1 unspecified atom stereocenters. The monoisotopic (exact) mass is 439 g/mol. The average Bonchev–Trinajstić information content (AvgIpc) is 2.75. The molecule has 2 aliphatic rings. The van der Waals surface area contributed by atoms with Gasteiger partial charge in [-0.3, -0.25) is 25.3 Å². The molecule has 2 aliphatic heterocycles. The van der Waals surface area contributed by atoms with Gasteiger partial charge in [0.15, 0.2) is 11.9 Å². The first-order valence-electron chi connectivity index (χ1n) is 9.68. The van der Waals surface area contributed by atoms with E-state index in [0.29, 0.717) is 11.4 Å². The SMILES string of the molecule is CC(=O)CC[C@@H](NC(=O)c1ccc(NCC2=NC3C(=O)NC(=N)N=C3N=C2)cc1)C(=O)O. The third kappa shape index (κ3) is 5.68. The van der Waals surface area contributed by atoms with Gasteiger partial charge < -0.3 is 20.5 Å². The summed E-state index contributed by atoms with van der Waals surface area (Å²) >= 11 is 0. The van der Waals surface area contributed by atoms with Crippen LogP contribution in [0.15, 0.2) is 39.2 Å². The predicted octanol–water partition coefficient (Wildman–Crippen LogP) is 0.00777. The van der Waals surface area contributed by atoms with E-state index in [9.17, 15) is 24.3 Å². The molecule has 1 aromatic carbocycles. The quantitative estimate of drug-likeness (QED) is 0.360. The van der Waals surface area contributed by atoms with E-state index in [0.717, 1.165) is 0 Å². The Labute approximate surface area is 182 Å². The molecule has 0 spiro atoms. The molecule has 32 heavy (non-hydrogen) atoms. The number of anilines is 1. The molecule has 166 valence electrons. The molecule has 0 fully saturated rings. The number of fused-ring (bicyclic) bond motifs is 1. The zero-order valence-electron chi connectivity index (χ0n) is 17.1. The fourth-order valence-corrected chi connectivity index (χ4v) is 2.93. The number of ketones is 1. The van der Waals surface area contributed by atoms with Gasteiger partial charge in [-0.2, -0.15) is 4.99 Å². The molecule has 2 atom stereocenters. The second kappa shape index (κ2) is 9.73. The fraction of sp³-hybridized carbons (Fsp3) is 0.300. The number of nitrogens with zero attached hydrogens (tertiary/aromatic N) is 3. The normalized spacial score (nSPS) is 18.0. The van der Waals surface area contributed by atoms with Gasteiger partial charge in [-0.25, -0.2) is 9.79 Å². The lowest BCUT2D eigenvalue weighted by Crippen LogP contribution is -2.47. The Morgan fingerprint density at radius 3 is 2.62 bits per heavy atom. The molecule has 12 heteroatoms. The second-order valence-corrected chi connectivity index (χ2v) is 7.12. The Morgan fingerprint density at radius 2 is 1.97 bits per heavy atom. The third-order valence-electron chi connectivity index (χ3n) is 4.61. The van der Waals surface area contributed by atoms with Crippen LogP contribution in [0, 0.1) is 5.41 Å². The first-order valence-corrected chi connectivity index (χ1v) is 9.68. The minimum Gasteiger partial charge on any atom is -0.480 e. The van der Waals surface area contributed by atoms with Gasteiger partial charge in [-0.1, -0.05) is 0 Å². The van der Waals surface area contributed by atoms with Gasteiger partial charge in [0.1, 0.15) is 11.8 Å².